The van der Waals surface area contributed by atoms with Crippen LogP contribution < -0.4 is 0 Å². The van der Waals surface area contributed by atoms with E-state index in [9.17, 15) is 19.8 Å². The Labute approximate surface area is 158 Å². The molecule has 1 heterocycles. The molecule has 0 spiro atoms. The molecule has 1 atom stereocenters. The Morgan fingerprint density at radius 3 is 2.22 bits per heavy atom. The van der Waals surface area contributed by atoms with Crippen LogP contribution in [0.15, 0.2) is 60.2 Å². The molecule has 5 nitrogen and oxygen atoms in total. The quantitative estimate of drug-likeness (QED) is 0.484. The highest BCUT2D eigenvalue weighted by Gasteiger charge is 2.45. The van der Waals surface area contributed by atoms with Crippen LogP contribution in [0.1, 0.15) is 42.5 Å². The second kappa shape index (κ2) is 7.76. The largest absolute Gasteiger partial charge is 0.507 e. The monoisotopic (exact) mass is 365 g/mol. The SMILES string of the molecule is CC(C)c1ccc(C2C(=C(O)c3ccccc3)C(=O)C(=O)N2CCO)cc1. The van der Waals surface area contributed by atoms with Crippen LogP contribution in [-0.2, 0) is 9.59 Å². The van der Waals surface area contributed by atoms with E-state index in [1.54, 1.807) is 24.3 Å². The molecule has 0 aliphatic carbocycles. The fourth-order valence-electron chi connectivity index (χ4n) is 3.38. The number of hydrogen-bond acceptors (Lipinski definition) is 4. The maximum atomic E-state index is 12.7. The van der Waals surface area contributed by atoms with Gasteiger partial charge in [-0.25, -0.2) is 0 Å². The smallest absolute Gasteiger partial charge is 0.295 e. The molecule has 1 amide bonds. The van der Waals surface area contributed by atoms with Crippen molar-refractivity contribution >= 4 is 17.4 Å². The minimum Gasteiger partial charge on any atom is -0.507 e. The number of benzene rings is 2. The van der Waals surface area contributed by atoms with Crippen LogP contribution in [0.2, 0.25) is 0 Å². The number of rotatable bonds is 5. The van der Waals surface area contributed by atoms with Crippen LogP contribution in [0, 0.1) is 0 Å². The van der Waals surface area contributed by atoms with Crippen molar-refractivity contribution in [1.82, 2.24) is 4.90 Å². The molecule has 2 aromatic carbocycles. The van der Waals surface area contributed by atoms with Gasteiger partial charge in [0.25, 0.3) is 11.7 Å². The Morgan fingerprint density at radius 2 is 1.67 bits per heavy atom. The zero-order valence-corrected chi connectivity index (χ0v) is 15.4. The lowest BCUT2D eigenvalue weighted by Gasteiger charge is -2.25. The molecule has 5 heteroatoms. The fourth-order valence-corrected chi connectivity index (χ4v) is 3.38. The standard InChI is InChI=1S/C22H23NO4/c1-14(2)15-8-10-16(11-9-15)19-18(20(25)17-6-4-3-5-7-17)21(26)22(27)23(19)12-13-24/h3-11,14,19,24-25H,12-13H2,1-2H3. The van der Waals surface area contributed by atoms with Gasteiger partial charge in [-0.05, 0) is 17.0 Å². The Kier molecular flexibility index (Phi) is 5.42. The van der Waals surface area contributed by atoms with Gasteiger partial charge in [-0.3, -0.25) is 9.59 Å². The Bertz CT molecular complexity index is 869. The van der Waals surface area contributed by atoms with Crippen molar-refractivity contribution in [3.63, 3.8) is 0 Å². The lowest BCUT2D eigenvalue weighted by Crippen LogP contribution is -2.32. The first-order valence-corrected chi connectivity index (χ1v) is 9.00. The zero-order valence-electron chi connectivity index (χ0n) is 15.4. The van der Waals surface area contributed by atoms with E-state index < -0.39 is 17.7 Å². The van der Waals surface area contributed by atoms with Crippen molar-refractivity contribution in [2.24, 2.45) is 0 Å². The van der Waals surface area contributed by atoms with Gasteiger partial charge in [0.15, 0.2) is 0 Å². The number of aliphatic hydroxyl groups is 2. The van der Waals surface area contributed by atoms with Crippen molar-refractivity contribution < 1.29 is 19.8 Å². The van der Waals surface area contributed by atoms with E-state index in [1.807, 2.05) is 30.3 Å². The first-order valence-electron chi connectivity index (χ1n) is 9.00. The third kappa shape index (κ3) is 3.51. The molecule has 0 aromatic heterocycles. The molecule has 1 unspecified atom stereocenters. The van der Waals surface area contributed by atoms with E-state index in [0.717, 1.165) is 11.1 Å². The Balaban J connectivity index is 2.14. The van der Waals surface area contributed by atoms with Gasteiger partial charge in [-0.1, -0.05) is 68.4 Å². The Morgan fingerprint density at radius 1 is 1.04 bits per heavy atom. The maximum absolute atomic E-state index is 12.7. The molecule has 1 fully saturated rings. The van der Waals surface area contributed by atoms with Crippen LogP contribution >= 0.6 is 0 Å². The molecule has 140 valence electrons. The summed E-state index contributed by atoms with van der Waals surface area (Å²) in [5.74, 6) is -1.29. The fraction of sp³-hybridized carbons (Fsp3) is 0.273. The number of hydrogen-bond donors (Lipinski definition) is 2. The second-order valence-corrected chi connectivity index (χ2v) is 6.90. The molecule has 1 saturated heterocycles. The Hall–Kier alpha value is -2.92. The van der Waals surface area contributed by atoms with Gasteiger partial charge in [0.2, 0.25) is 0 Å². The maximum Gasteiger partial charge on any atom is 0.295 e. The van der Waals surface area contributed by atoms with Crippen LogP contribution in [0.4, 0.5) is 0 Å². The normalized spacial score (nSPS) is 19.1. The number of likely N-dealkylation sites (tertiary alicyclic amines) is 1. The molecule has 0 radical (unpaired) electrons. The number of nitrogens with zero attached hydrogens (tertiary/aromatic N) is 1. The summed E-state index contributed by atoms with van der Waals surface area (Å²) in [4.78, 5) is 26.5. The molecule has 0 saturated carbocycles. The summed E-state index contributed by atoms with van der Waals surface area (Å²) < 4.78 is 0. The van der Waals surface area contributed by atoms with Gasteiger partial charge in [-0.2, -0.15) is 0 Å². The van der Waals surface area contributed by atoms with Crippen LogP contribution in [0.25, 0.3) is 5.76 Å². The average molecular weight is 365 g/mol. The van der Waals surface area contributed by atoms with E-state index in [0.29, 0.717) is 11.5 Å². The number of carbonyl (C=O) groups excluding carboxylic acids is 2. The van der Waals surface area contributed by atoms with Crippen molar-refractivity contribution in [2.45, 2.75) is 25.8 Å². The predicted molar refractivity (Wildman–Crippen MR) is 103 cm³/mol. The van der Waals surface area contributed by atoms with E-state index >= 15 is 0 Å². The number of β-amino-alcohol motifs (C(OH)–C–C–N with tert-alkyl or cyclic N) is 1. The van der Waals surface area contributed by atoms with Gasteiger partial charge in [0.1, 0.15) is 5.76 Å². The van der Waals surface area contributed by atoms with Gasteiger partial charge < -0.3 is 15.1 Å². The summed E-state index contributed by atoms with van der Waals surface area (Å²) in [6.45, 7) is 3.93. The second-order valence-electron chi connectivity index (χ2n) is 6.90. The summed E-state index contributed by atoms with van der Waals surface area (Å²) in [6, 6.07) is 15.6. The number of aliphatic hydroxyl groups excluding tert-OH is 2. The van der Waals surface area contributed by atoms with Crippen LogP contribution in [0.3, 0.4) is 0 Å². The number of ketones is 1. The molecule has 3 rings (SSSR count). The molecule has 27 heavy (non-hydrogen) atoms. The summed E-state index contributed by atoms with van der Waals surface area (Å²) in [7, 11) is 0. The number of amides is 1. The summed E-state index contributed by atoms with van der Waals surface area (Å²) >= 11 is 0. The third-order valence-electron chi connectivity index (χ3n) is 4.85. The number of Topliss-reactive ketones (excluding diaryl/α,β-unsaturated/α-hetero) is 1. The lowest BCUT2D eigenvalue weighted by molar-refractivity contribution is -0.140. The minimum absolute atomic E-state index is 0.0206. The van der Waals surface area contributed by atoms with E-state index in [1.165, 1.54) is 4.90 Å². The highest BCUT2D eigenvalue weighted by atomic mass is 16.3. The minimum atomic E-state index is -0.734. The van der Waals surface area contributed by atoms with E-state index in [4.69, 9.17) is 0 Å². The molecular formula is C22H23NO4. The van der Waals surface area contributed by atoms with Gasteiger partial charge in [-0.15, -0.1) is 0 Å². The highest BCUT2D eigenvalue weighted by Crippen LogP contribution is 2.39. The molecule has 2 N–H and O–H groups in total. The lowest BCUT2D eigenvalue weighted by atomic mass is 9.93. The summed E-state index contributed by atoms with van der Waals surface area (Å²) in [5, 5.41) is 20.2. The van der Waals surface area contributed by atoms with Gasteiger partial charge in [0, 0.05) is 12.1 Å². The average Bonchev–Trinajstić information content (AvgIpc) is 2.93. The van der Waals surface area contributed by atoms with E-state index in [2.05, 4.69) is 13.8 Å². The van der Waals surface area contributed by atoms with Crippen LogP contribution in [0.5, 0.6) is 0 Å². The molecule has 2 aromatic rings. The van der Waals surface area contributed by atoms with Crippen molar-refractivity contribution in [3.8, 4) is 0 Å². The molecule has 0 bridgehead atoms. The van der Waals surface area contributed by atoms with Gasteiger partial charge in [0.05, 0.1) is 18.2 Å². The predicted octanol–water partition coefficient (Wildman–Crippen LogP) is 3.22. The third-order valence-corrected chi connectivity index (χ3v) is 4.85. The zero-order chi connectivity index (χ0) is 19.6. The number of carbonyl (C=O) groups is 2. The topological polar surface area (TPSA) is 77.8 Å². The molecule has 1 aliphatic rings. The summed E-state index contributed by atoms with van der Waals surface area (Å²) in [6.07, 6.45) is 0. The highest BCUT2D eigenvalue weighted by molar-refractivity contribution is 6.46. The van der Waals surface area contributed by atoms with Gasteiger partial charge >= 0.3 is 0 Å². The van der Waals surface area contributed by atoms with E-state index in [-0.39, 0.29) is 24.5 Å². The summed E-state index contributed by atoms with van der Waals surface area (Å²) in [5.41, 5.74) is 2.39. The van der Waals surface area contributed by atoms with Crippen molar-refractivity contribution in [2.75, 3.05) is 13.2 Å². The first-order chi connectivity index (χ1) is 13.0. The molecular weight excluding hydrogens is 342 g/mol. The van der Waals surface area contributed by atoms with Crippen LogP contribution in [-0.4, -0.2) is 40.0 Å². The first kappa shape index (κ1) is 18.9. The van der Waals surface area contributed by atoms with Crippen molar-refractivity contribution in [1.29, 1.82) is 0 Å². The van der Waals surface area contributed by atoms with Crippen molar-refractivity contribution in [3.05, 3.63) is 76.9 Å². The molecule has 1 aliphatic heterocycles.